The van der Waals surface area contributed by atoms with Gasteiger partial charge >= 0.3 is 8.25 Å². The summed E-state index contributed by atoms with van der Waals surface area (Å²) in [5, 5.41) is 19.0. The van der Waals surface area contributed by atoms with Crippen molar-refractivity contribution in [1.29, 1.82) is 0 Å². The molecule has 188 valence electrons. The Bertz CT molecular complexity index is 707. The maximum atomic E-state index is 11.9. The van der Waals surface area contributed by atoms with Gasteiger partial charge in [-0.25, -0.2) is 0 Å². The Kier molecular flexibility index (Phi) is 16.5. The molecule has 2 N–H and O–H groups in total. The number of aliphatic hydroxyl groups is 2. The van der Waals surface area contributed by atoms with Crippen LogP contribution in [0.1, 0.15) is 11.1 Å². The standard InChI is InChI=1S/C24H34O7PS2/c25-11-23(15-28-13-21-7-3-1-4-8-21)17-33-19-30-32(27)31-20-34-18-24(12-26)16-29-14-22-9-5-2-6-10-22/h1-10,23-26H,11-20H2/q+1. The van der Waals surface area contributed by atoms with Gasteiger partial charge < -0.3 is 19.7 Å². The maximum absolute atomic E-state index is 11.9. The van der Waals surface area contributed by atoms with E-state index in [1.165, 1.54) is 23.5 Å². The van der Waals surface area contributed by atoms with Crippen molar-refractivity contribution >= 4 is 31.8 Å². The van der Waals surface area contributed by atoms with Crippen LogP contribution in [0.4, 0.5) is 0 Å². The molecule has 10 heteroatoms. The molecule has 0 aromatic heterocycles. The van der Waals surface area contributed by atoms with Gasteiger partial charge in [0.1, 0.15) is 0 Å². The number of benzene rings is 2. The van der Waals surface area contributed by atoms with E-state index in [-0.39, 0.29) is 36.9 Å². The van der Waals surface area contributed by atoms with E-state index < -0.39 is 8.25 Å². The van der Waals surface area contributed by atoms with Gasteiger partial charge in [0.05, 0.1) is 26.4 Å². The van der Waals surface area contributed by atoms with Gasteiger partial charge in [-0.1, -0.05) is 60.7 Å². The fourth-order valence-electron chi connectivity index (χ4n) is 2.77. The molecule has 0 aliphatic carbocycles. The summed E-state index contributed by atoms with van der Waals surface area (Å²) in [4.78, 5) is 0. The van der Waals surface area contributed by atoms with Crippen molar-refractivity contribution in [3.63, 3.8) is 0 Å². The van der Waals surface area contributed by atoms with Crippen LogP contribution in [0.3, 0.4) is 0 Å². The first-order valence-electron chi connectivity index (χ1n) is 11.0. The smallest absolute Gasteiger partial charge is 0.396 e. The van der Waals surface area contributed by atoms with Crippen molar-refractivity contribution < 1.29 is 33.3 Å². The molecule has 0 saturated heterocycles. The molecular formula is C24H34O7PS2+. The molecular weight excluding hydrogens is 495 g/mol. The van der Waals surface area contributed by atoms with Crippen molar-refractivity contribution in [2.45, 2.75) is 13.2 Å². The number of hydrogen-bond donors (Lipinski definition) is 2. The quantitative estimate of drug-likeness (QED) is 0.144. The Labute approximate surface area is 211 Å². The van der Waals surface area contributed by atoms with E-state index in [1.54, 1.807) is 0 Å². The van der Waals surface area contributed by atoms with Gasteiger partial charge in [0.2, 0.25) is 0 Å². The summed E-state index contributed by atoms with van der Waals surface area (Å²) in [6, 6.07) is 19.7. The monoisotopic (exact) mass is 529 g/mol. The van der Waals surface area contributed by atoms with Gasteiger partial charge in [-0.15, -0.1) is 32.6 Å². The Balaban J connectivity index is 1.46. The highest BCUT2D eigenvalue weighted by Gasteiger charge is 2.21. The van der Waals surface area contributed by atoms with Crippen LogP contribution in [-0.4, -0.2) is 60.0 Å². The number of hydrogen-bond acceptors (Lipinski definition) is 9. The fraction of sp³-hybridized carbons (Fsp3) is 0.500. The molecule has 2 rings (SSSR count). The highest BCUT2D eigenvalue weighted by Crippen LogP contribution is 2.28. The van der Waals surface area contributed by atoms with Crippen LogP contribution in [0, 0.1) is 11.8 Å². The Morgan fingerprint density at radius 3 is 1.50 bits per heavy atom. The number of ether oxygens (including phenoxy) is 2. The third kappa shape index (κ3) is 13.8. The third-order valence-electron chi connectivity index (χ3n) is 4.64. The molecule has 7 nitrogen and oxygen atoms in total. The summed E-state index contributed by atoms with van der Waals surface area (Å²) in [6.45, 7) is 1.93. The summed E-state index contributed by atoms with van der Waals surface area (Å²) in [5.74, 6) is 1.63. The van der Waals surface area contributed by atoms with Gasteiger partial charge in [-0.05, 0) is 11.1 Å². The first-order chi connectivity index (χ1) is 16.7. The van der Waals surface area contributed by atoms with E-state index in [9.17, 15) is 14.8 Å². The molecule has 2 unspecified atom stereocenters. The summed E-state index contributed by atoms with van der Waals surface area (Å²) < 4.78 is 33.6. The largest absolute Gasteiger partial charge is 0.699 e. The minimum absolute atomic E-state index is 0.0160. The lowest BCUT2D eigenvalue weighted by atomic mass is 10.2. The summed E-state index contributed by atoms with van der Waals surface area (Å²) in [7, 11) is -2.21. The average molecular weight is 530 g/mol. The average Bonchev–Trinajstić information content (AvgIpc) is 2.88. The second-order valence-corrected chi connectivity index (χ2v) is 10.5. The lowest BCUT2D eigenvalue weighted by molar-refractivity contribution is 0.0711. The zero-order valence-electron chi connectivity index (χ0n) is 19.2. The van der Waals surface area contributed by atoms with E-state index in [0.717, 1.165) is 11.1 Å². The van der Waals surface area contributed by atoms with Crippen molar-refractivity contribution in [2.75, 3.05) is 49.8 Å². The second-order valence-electron chi connectivity index (χ2n) is 7.56. The highest BCUT2D eigenvalue weighted by molar-refractivity contribution is 7.99. The van der Waals surface area contributed by atoms with E-state index in [0.29, 0.717) is 37.9 Å². The van der Waals surface area contributed by atoms with Crippen LogP contribution < -0.4 is 0 Å². The summed E-state index contributed by atoms with van der Waals surface area (Å²) in [5.41, 5.74) is 2.18. The van der Waals surface area contributed by atoms with Crippen LogP contribution in [0.2, 0.25) is 0 Å². The maximum Gasteiger partial charge on any atom is 0.699 e. The number of thioether (sulfide) groups is 2. The molecule has 0 aliphatic rings. The Morgan fingerprint density at radius 2 is 1.12 bits per heavy atom. The van der Waals surface area contributed by atoms with E-state index in [1.807, 2.05) is 60.7 Å². The number of aliphatic hydroxyl groups excluding tert-OH is 2. The Hall–Kier alpha value is -1.00. The minimum Gasteiger partial charge on any atom is -0.396 e. The third-order valence-corrected chi connectivity index (χ3v) is 7.65. The molecule has 0 bridgehead atoms. The van der Waals surface area contributed by atoms with Crippen molar-refractivity contribution in [3.05, 3.63) is 71.8 Å². The van der Waals surface area contributed by atoms with Gasteiger partial charge in [0, 0.05) is 41.1 Å². The van der Waals surface area contributed by atoms with Crippen LogP contribution >= 0.6 is 31.8 Å². The molecule has 0 aliphatic heterocycles. The highest BCUT2D eigenvalue weighted by atomic mass is 32.2. The van der Waals surface area contributed by atoms with Crippen molar-refractivity contribution in [3.8, 4) is 0 Å². The minimum atomic E-state index is -2.21. The zero-order chi connectivity index (χ0) is 24.3. The topological polar surface area (TPSA) is 94.5 Å². The molecule has 0 heterocycles. The lowest BCUT2D eigenvalue weighted by Crippen LogP contribution is -2.17. The van der Waals surface area contributed by atoms with Crippen LogP contribution in [-0.2, 0) is 36.3 Å². The molecule has 0 fully saturated rings. The van der Waals surface area contributed by atoms with Crippen molar-refractivity contribution in [1.82, 2.24) is 0 Å². The predicted molar refractivity (Wildman–Crippen MR) is 138 cm³/mol. The molecule has 2 aromatic rings. The van der Waals surface area contributed by atoms with Crippen LogP contribution in [0.25, 0.3) is 0 Å². The van der Waals surface area contributed by atoms with E-state index in [4.69, 9.17) is 18.5 Å². The van der Waals surface area contributed by atoms with Gasteiger partial charge in [-0.2, -0.15) is 0 Å². The van der Waals surface area contributed by atoms with E-state index in [2.05, 4.69) is 0 Å². The SMILES string of the molecule is O=[P+](OCSCC(CO)COCc1ccccc1)OCSCC(CO)COCc1ccccc1. The normalized spacial score (nSPS) is 13.5. The van der Waals surface area contributed by atoms with Crippen LogP contribution in [0.15, 0.2) is 60.7 Å². The lowest BCUT2D eigenvalue weighted by Gasteiger charge is -2.13. The van der Waals surface area contributed by atoms with Crippen molar-refractivity contribution in [2.24, 2.45) is 11.8 Å². The molecule has 2 aromatic carbocycles. The predicted octanol–water partition coefficient (Wildman–Crippen LogP) is 4.71. The van der Waals surface area contributed by atoms with Crippen LogP contribution in [0.5, 0.6) is 0 Å². The summed E-state index contributed by atoms with van der Waals surface area (Å²) in [6.07, 6.45) is 0. The fourth-order valence-corrected chi connectivity index (χ4v) is 5.39. The summed E-state index contributed by atoms with van der Waals surface area (Å²) >= 11 is 2.87. The second kappa shape index (κ2) is 19.2. The number of rotatable bonds is 20. The molecule has 0 amide bonds. The zero-order valence-corrected chi connectivity index (χ0v) is 21.7. The van der Waals surface area contributed by atoms with Gasteiger partial charge in [0.25, 0.3) is 0 Å². The molecule has 0 spiro atoms. The molecule has 0 radical (unpaired) electrons. The van der Waals surface area contributed by atoms with Gasteiger partial charge in [-0.3, -0.25) is 0 Å². The molecule has 34 heavy (non-hydrogen) atoms. The Morgan fingerprint density at radius 1 is 0.706 bits per heavy atom. The molecule has 0 saturated carbocycles. The molecule has 2 atom stereocenters. The van der Waals surface area contributed by atoms with Gasteiger partial charge in [0.15, 0.2) is 11.9 Å². The first kappa shape index (κ1) is 29.2. The first-order valence-corrected chi connectivity index (χ1v) is 14.4. The van der Waals surface area contributed by atoms with E-state index >= 15 is 0 Å².